The molecule has 0 radical (unpaired) electrons. The summed E-state index contributed by atoms with van der Waals surface area (Å²) in [5, 5.41) is 0. The molecule has 1 aliphatic rings. The zero-order valence-corrected chi connectivity index (χ0v) is 9.52. The molecule has 0 saturated heterocycles. The summed E-state index contributed by atoms with van der Waals surface area (Å²) >= 11 is 0. The van der Waals surface area contributed by atoms with Gasteiger partial charge in [-0.1, -0.05) is 42.0 Å². The molecule has 2 atom stereocenters. The van der Waals surface area contributed by atoms with Gasteiger partial charge in [-0.3, -0.25) is 4.79 Å². The number of Topliss-reactive ketones (excluding diaryl/α,β-unsaturated/α-hetero) is 1. The first-order valence-corrected chi connectivity index (χ1v) is 5.67. The number of benzene rings is 1. The van der Waals surface area contributed by atoms with Gasteiger partial charge in [-0.15, -0.1) is 0 Å². The molecule has 0 heterocycles. The first-order valence-electron chi connectivity index (χ1n) is 5.67. The highest BCUT2D eigenvalue weighted by Crippen LogP contribution is 2.19. The summed E-state index contributed by atoms with van der Waals surface area (Å²) in [7, 11) is 0. The summed E-state index contributed by atoms with van der Waals surface area (Å²) < 4.78 is 0. The lowest BCUT2D eigenvalue weighted by Crippen LogP contribution is -2.20. The van der Waals surface area contributed by atoms with Crippen LogP contribution in [0, 0.1) is 12.8 Å². The molecule has 0 spiro atoms. The first kappa shape index (κ1) is 11.1. The Kier molecular flexibility index (Phi) is 3.20. The van der Waals surface area contributed by atoms with E-state index >= 15 is 0 Å². The number of rotatable bonds is 3. The van der Waals surface area contributed by atoms with Crippen molar-refractivity contribution in [2.75, 3.05) is 0 Å². The van der Waals surface area contributed by atoms with Crippen LogP contribution in [0.1, 0.15) is 17.5 Å². The summed E-state index contributed by atoms with van der Waals surface area (Å²) in [6.07, 6.45) is 5.16. The Bertz CT molecular complexity index is 405. The van der Waals surface area contributed by atoms with Crippen molar-refractivity contribution in [3.05, 3.63) is 47.5 Å². The number of carbonyl (C=O) groups excluding carboxylic acids is 1. The van der Waals surface area contributed by atoms with Crippen molar-refractivity contribution >= 4 is 5.78 Å². The van der Waals surface area contributed by atoms with Crippen LogP contribution in [0.25, 0.3) is 0 Å². The fourth-order valence-electron chi connectivity index (χ4n) is 2.00. The van der Waals surface area contributed by atoms with Crippen LogP contribution >= 0.6 is 0 Å². The summed E-state index contributed by atoms with van der Waals surface area (Å²) in [4.78, 5) is 11.9. The Morgan fingerprint density at radius 2 is 2.00 bits per heavy atom. The van der Waals surface area contributed by atoms with Crippen LogP contribution in [0.3, 0.4) is 0 Å². The number of hydrogen-bond donors (Lipinski definition) is 1. The quantitative estimate of drug-likeness (QED) is 0.784. The summed E-state index contributed by atoms with van der Waals surface area (Å²) in [5.74, 6) is 0.296. The Balaban J connectivity index is 1.97. The average molecular weight is 215 g/mol. The predicted molar refractivity (Wildman–Crippen MR) is 65.1 cm³/mol. The van der Waals surface area contributed by atoms with Gasteiger partial charge in [0.1, 0.15) is 5.78 Å². The lowest BCUT2D eigenvalue weighted by atomic mass is 9.96. The SMILES string of the molecule is Cc1ccc(CC(=O)C2C=CC(N)C2)cc1. The van der Waals surface area contributed by atoms with Crippen LogP contribution in [-0.2, 0) is 11.2 Å². The van der Waals surface area contributed by atoms with Crippen molar-refractivity contribution < 1.29 is 4.79 Å². The molecular formula is C14H17NO. The van der Waals surface area contributed by atoms with Crippen molar-refractivity contribution in [1.29, 1.82) is 0 Å². The average Bonchev–Trinajstić information content (AvgIpc) is 2.68. The highest BCUT2D eigenvalue weighted by Gasteiger charge is 2.22. The van der Waals surface area contributed by atoms with Crippen LogP contribution in [0.2, 0.25) is 0 Å². The minimum Gasteiger partial charge on any atom is -0.324 e. The highest BCUT2D eigenvalue weighted by molar-refractivity contribution is 5.85. The molecule has 0 amide bonds. The monoisotopic (exact) mass is 215 g/mol. The van der Waals surface area contributed by atoms with E-state index in [-0.39, 0.29) is 17.7 Å². The second-order valence-electron chi connectivity index (χ2n) is 4.52. The topological polar surface area (TPSA) is 43.1 Å². The van der Waals surface area contributed by atoms with Crippen LogP contribution in [0.5, 0.6) is 0 Å². The van der Waals surface area contributed by atoms with Gasteiger partial charge < -0.3 is 5.73 Å². The van der Waals surface area contributed by atoms with Crippen molar-refractivity contribution in [3.8, 4) is 0 Å². The van der Waals surface area contributed by atoms with Crippen molar-refractivity contribution in [2.24, 2.45) is 11.7 Å². The smallest absolute Gasteiger partial charge is 0.144 e. The van der Waals surface area contributed by atoms with E-state index in [9.17, 15) is 4.79 Å². The number of nitrogens with two attached hydrogens (primary N) is 1. The second-order valence-corrected chi connectivity index (χ2v) is 4.52. The van der Waals surface area contributed by atoms with Gasteiger partial charge in [0.2, 0.25) is 0 Å². The normalized spacial score (nSPS) is 23.6. The lowest BCUT2D eigenvalue weighted by Gasteiger charge is -2.08. The maximum Gasteiger partial charge on any atom is 0.144 e. The third-order valence-corrected chi connectivity index (χ3v) is 3.03. The number of ketones is 1. The van der Waals surface area contributed by atoms with E-state index < -0.39 is 0 Å². The fraction of sp³-hybridized carbons (Fsp3) is 0.357. The van der Waals surface area contributed by atoms with Gasteiger partial charge in [0.15, 0.2) is 0 Å². The molecule has 2 heteroatoms. The molecule has 2 rings (SSSR count). The van der Waals surface area contributed by atoms with E-state index in [1.807, 2.05) is 43.3 Å². The molecule has 16 heavy (non-hydrogen) atoms. The summed E-state index contributed by atoms with van der Waals surface area (Å²) in [6, 6.07) is 8.18. The van der Waals surface area contributed by atoms with E-state index in [4.69, 9.17) is 5.73 Å². The van der Waals surface area contributed by atoms with Gasteiger partial charge in [0, 0.05) is 18.4 Å². The second kappa shape index (κ2) is 4.62. The van der Waals surface area contributed by atoms with Crippen molar-refractivity contribution in [2.45, 2.75) is 25.8 Å². The van der Waals surface area contributed by atoms with E-state index in [1.54, 1.807) is 0 Å². The molecule has 0 bridgehead atoms. The molecule has 1 aromatic rings. The Morgan fingerprint density at radius 1 is 1.31 bits per heavy atom. The number of hydrogen-bond acceptors (Lipinski definition) is 2. The highest BCUT2D eigenvalue weighted by atomic mass is 16.1. The molecule has 0 saturated carbocycles. The Morgan fingerprint density at radius 3 is 2.56 bits per heavy atom. The van der Waals surface area contributed by atoms with E-state index in [2.05, 4.69) is 0 Å². The first-order chi connectivity index (χ1) is 7.65. The standard InChI is InChI=1S/C14H17NO/c1-10-2-4-11(5-3-10)8-14(16)12-6-7-13(15)9-12/h2-7,12-13H,8-9,15H2,1H3. The van der Waals surface area contributed by atoms with Crippen LogP contribution in [0.4, 0.5) is 0 Å². The zero-order valence-electron chi connectivity index (χ0n) is 9.52. The summed E-state index contributed by atoms with van der Waals surface area (Å²) in [6.45, 7) is 2.05. The zero-order chi connectivity index (χ0) is 11.5. The van der Waals surface area contributed by atoms with Crippen molar-refractivity contribution in [1.82, 2.24) is 0 Å². The maximum absolute atomic E-state index is 11.9. The van der Waals surface area contributed by atoms with E-state index in [0.717, 1.165) is 12.0 Å². The van der Waals surface area contributed by atoms with Gasteiger partial charge in [0.25, 0.3) is 0 Å². The molecule has 2 nitrogen and oxygen atoms in total. The number of aryl methyl sites for hydroxylation is 1. The molecule has 0 aromatic heterocycles. The number of allylic oxidation sites excluding steroid dienone is 1. The third kappa shape index (κ3) is 2.58. The third-order valence-electron chi connectivity index (χ3n) is 3.03. The molecule has 1 aromatic carbocycles. The van der Waals surface area contributed by atoms with Crippen LogP contribution in [-0.4, -0.2) is 11.8 Å². The van der Waals surface area contributed by atoms with Gasteiger partial charge >= 0.3 is 0 Å². The van der Waals surface area contributed by atoms with Gasteiger partial charge in [-0.2, -0.15) is 0 Å². The minimum absolute atomic E-state index is 0.0244. The summed E-state index contributed by atoms with van der Waals surface area (Å²) in [5.41, 5.74) is 8.05. The Hall–Kier alpha value is -1.41. The molecule has 0 fully saturated rings. The fourth-order valence-corrected chi connectivity index (χ4v) is 2.00. The van der Waals surface area contributed by atoms with Crippen LogP contribution in [0.15, 0.2) is 36.4 Å². The van der Waals surface area contributed by atoms with E-state index in [0.29, 0.717) is 6.42 Å². The molecular weight excluding hydrogens is 198 g/mol. The van der Waals surface area contributed by atoms with Gasteiger partial charge in [0.05, 0.1) is 0 Å². The molecule has 84 valence electrons. The molecule has 2 N–H and O–H groups in total. The largest absolute Gasteiger partial charge is 0.324 e. The molecule has 2 unspecified atom stereocenters. The minimum atomic E-state index is 0.0244. The molecule has 0 aliphatic heterocycles. The van der Waals surface area contributed by atoms with Gasteiger partial charge in [-0.05, 0) is 18.9 Å². The number of carbonyl (C=O) groups is 1. The van der Waals surface area contributed by atoms with Crippen molar-refractivity contribution in [3.63, 3.8) is 0 Å². The van der Waals surface area contributed by atoms with Crippen LogP contribution < -0.4 is 5.73 Å². The van der Waals surface area contributed by atoms with Gasteiger partial charge in [-0.25, -0.2) is 0 Å². The predicted octanol–water partition coefficient (Wildman–Crippen LogP) is 2.01. The lowest BCUT2D eigenvalue weighted by molar-refractivity contribution is -0.120. The maximum atomic E-state index is 11.9. The Labute approximate surface area is 96.2 Å². The van der Waals surface area contributed by atoms with E-state index in [1.165, 1.54) is 5.56 Å². The molecule has 1 aliphatic carbocycles.